The van der Waals surface area contributed by atoms with Gasteiger partial charge in [0.2, 0.25) is 0 Å². The molecule has 2 atom stereocenters. The van der Waals surface area contributed by atoms with Gasteiger partial charge in [-0.05, 0) is 0 Å². The Bertz CT molecular complexity index is 1200. The van der Waals surface area contributed by atoms with Crippen LogP contribution in [0.5, 0.6) is 5.75 Å². The minimum absolute atomic E-state index is 0.522. The summed E-state index contributed by atoms with van der Waals surface area (Å²) >= 11 is -3.35. The van der Waals surface area contributed by atoms with E-state index in [1.54, 1.807) is 21.5 Å². The molecule has 156 valence electrons. The monoisotopic (exact) mass is 492 g/mol. The van der Waals surface area contributed by atoms with Gasteiger partial charge in [-0.25, -0.2) is 0 Å². The first kappa shape index (κ1) is 21.8. The van der Waals surface area contributed by atoms with Crippen molar-refractivity contribution in [1.82, 2.24) is 0 Å². The Morgan fingerprint density at radius 2 is 1.63 bits per heavy atom. The second kappa shape index (κ2) is 7.31. The van der Waals surface area contributed by atoms with Crippen molar-refractivity contribution in [3.05, 3.63) is 91.3 Å². The Labute approximate surface area is 184 Å². The third-order valence-corrected chi connectivity index (χ3v) is 25.1. The van der Waals surface area contributed by atoms with Gasteiger partial charge in [0.1, 0.15) is 0 Å². The molecule has 0 saturated heterocycles. The summed E-state index contributed by atoms with van der Waals surface area (Å²) in [5.41, 5.74) is 10.2. The normalized spacial score (nSPS) is 21.8. The van der Waals surface area contributed by atoms with Crippen molar-refractivity contribution >= 4 is 12.5 Å². The summed E-state index contributed by atoms with van der Waals surface area (Å²) in [7, 11) is 1.75. The first-order chi connectivity index (χ1) is 14.0. The molecular weight excluding hydrogens is 460 g/mol. The van der Waals surface area contributed by atoms with Crippen molar-refractivity contribution in [2.75, 3.05) is 7.11 Å². The summed E-state index contributed by atoms with van der Waals surface area (Å²) in [6.07, 6.45) is 2.60. The predicted octanol–water partition coefficient (Wildman–Crippen LogP) is 6.78. The second-order valence-electron chi connectivity index (χ2n) is 10.3. The molecule has 0 amide bonds. The summed E-state index contributed by atoms with van der Waals surface area (Å²) in [4.78, 5) is 0. The molecule has 0 radical (unpaired) electrons. The molecule has 0 aromatic heterocycles. The number of rotatable bonds is 4. The predicted molar refractivity (Wildman–Crippen MR) is 130 cm³/mol. The van der Waals surface area contributed by atoms with Gasteiger partial charge in [-0.1, -0.05) is 0 Å². The van der Waals surface area contributed by atoms with Gasteiger partial charge < -0.3 is 0 Å². The number of hydrogen-bond acceptors (Lipinski definition) is 1. The Balaban J connectivity index is 1.93. The Kier molecular flexibility index (Phi) is 5.31. The van der Waals surface area contributed by atoms with Crippen molar-refractivity contribution in [1.29, 1.82) is 0 Å². The Morgan fingerprint density at radius 3 is 2.27 bits per heavy atom. The van der Waals surface area contributed by atoms with Crippen LogP contribution in [0, 0.1) is 5.92 Å². The molecule has 0 fully saturated rings. The van der Waals surface area contributed by atoms with E-state index in [1.807, 2.05) is 6.07 Å². The number of allylic oxidation sites excluding steroid dienone is 5. The first-order valence-electron chi connectivity index (χ1n) is 11.0. The molecule has 2 aliphatic rings. The van der Waals surface area contributed by atoms with Crippen molar-refractivity contribution in [2.24, 2.45) is 5.92 Å². The molecular formula is C27H34OSiZr. The SMILES string of the molecule is COc1cccc(C2=C[CH]([Zr]([CH3])([CH3])(=[SiH2])[C]3=C(C)C(C)=C(C)C3C)c3ccccc32)c1. The van der Waals surface area contributed by atoms with E-state index >= 15 is 0 Å². The zero-order chi connectivity index (χ0) is 21.9. The Hall–Kier alpha value is -1.44. The molecule has 0 aliphatic heterocycles. The van der Waals surface area contributed by atoms with Crippen molar-refractivity contribution in [3.8, 4) is 5.75 Å². The molecule has 2 aromatic carbocycles. The van der Waals surface area contributed by atoms with Crippen molar-refractivity contribution in [2.45, 2.75) is 40.6 Å². The van der Waals surface area contributed by atoms with Gasteiger partial charge in [-0.15, -0.1) is 0 Å². The molecule has 30 heavy (non-hydrogen) atoms. The van der Waals surface area contributed by atoms with Crippen LogP contribution in [0.1, 0.15) is 48.0 Å². The van der Waals surface area contributed by atoms with Crippen LogP contribution in [-0.2, 0) is 17.4 Å². The summed E-state index contributed by atoms with van der Waals surface area (Å²) in [5, 5.41) is 0. The van der Waals surface area contributed by atoms with Gasteiger partial charge in [0, 0.05) is 0 Å². The fraction of sp³-hybridized carbons (Fsp3) is 0.333. The van der Waals surface area contributed by atoms with Crippen LogP contribution in [0.15, 0.2) is 74.6 Å². The maximum absolute atomic E-state index is 5.52. The topological polar surface area (TPSA) is 9.23 Å². The molecule has 2 aliphatic carbocycles. The third kappa shape index (κ3) is 3.21. The number of benzene rings is 2. The number of hydrogen-bond donors (Lipinski definition) is 0. The molecule has 2 aromatic rings. The summed E-state index contributed by atoms with van der Waals surface area (Å²) < 4.78 is 13.2. The van der Waals surface area contributed by atoms with E-state index in [4.69, 9.17) is 4.74 Å². The summed E-state index contributed by atoms with van der Waals surface area (Å²) in [6.45, 7) is 11.9. The van der Waals surface area contributed by atoms with Gasteiger partial charge in [0.25, 0.3) is 0 Å². The average molecular weight is 494 g/mol. The molecule has 0 bridgehead atoms. The number of fused-ring (bicyclic) bond motifs is 1. The van der Waals surface area contributed by atoms with Gasteiger partial charge in [0.05, 0.1) is 0 Å². The van der Waals surface area contributed by atoms with Crippen LogP contribution >= 0.6 is 0 Å². The van der Waals surface area contributed by atoms with E-state index in [9.17, 15) is 0 Å². The van der Waals surface area contributed by atoms with Gasteiger partial charge in [-0.3, -0.25) is 0 Å². The van der Waals surface area contributed by atoms with Crippen LogP contribution in [0.3, 0.4) is 0 Å². The standard InChI is InChI=1S/C16H13O.C9H13.2CH3.H2Si.Zr/c1-17-14-7-4-6-13(11-14)16-10-9-12-5-2-3-8-15(12)16;1-6-5-7(2)9(4)8(6)3;;;;/h2-11H,1H3;6H,1-4H3;2*1H3;1H2;. The van der Waals surface area contributed by atoms with E-state index in [1.165, 1.54) is 27.8 Å². The molecule has 0 N–H and O–H groups in total. The minimum atomic E-state index is -3.35. The second-order valence-corrected chi connectivity index (χ2v) is 39.8. The van der Waals surface area contributed by atoms with Crippen LogP contribution < -0.4 is 4.74 Å². The van der Waals surface area contributed by atoms with Crippen LogP contribution in [0.2, 0.25) is 9.26 Å². The van der Waals surface area contributed by atoms with Gasteiger partial charge in [0.15, 0.2) is 0 Å². The molecule has 4 rings (SSSR count). The molecule has 3 heteroatoms. The molecule has 0 saturated carbocycles. The van der Waals surface area contributed by atoms with Gasteiger partial charge >= 0.3 is 185 Å². The van der Waals surface area contributed by atoms with E-state index in [-0.39, 0.29) is 0 Å². The zero-order valence-corrected chi connectivity index (χ0v) is 23.3. The fourth-order valence-corrected chi connectivity index (χ4v) is 24.5. The Morgan fingerprint density at radius 1 is 0.933 bits per heavy atom. The van der Waals surface area contributed by atoms with E-state index in [0.717, 1.165) is 5.75 Å². The van der Waals surface area contributed by atoms with Crippen LogP contribution in [-0.4, -0.2) is 14.0 Å². The van der Waals surface area contributed by atoms with Crippen molar-refractivity contribution in [3.63, 3.8) is 0 Å². The number of methoxy groups -OCH3 is 1. The quantitative estimate of drug-likeness (QED) is 0.427. The molecule has 0 spiro atoms. The fourth-order valence-electron chi connectivity index (χ4n) is 6.03. The molecule has 1 nitrogen and oxygen atoms in total. The maximum atomic E-state index is 5.52. The van der Waals surface area contributed by atoms with Crippen LogP contribution in [0.4, 0.5) is 0 Å². The van der Waals surface area contributed by atoms with Gasteiger partial charge in [-0.2, -0.15) is 0 Å². The zero-order valence-electron chi connectivity index (χ0n) is 19.5. The first-order valence-corrected chi connectivity index (χ1v) is 24.5. The third-order valence-electron chi connectivity index (χ3n) is 7.82. The summed E-state index contributed by atoms with van der Waals surface area (Å²) in [5.74, 6) is 1.49. The van der Waals surface area contributed by atoms with E-state index < -0.39 is 17.4 Å². The summed E-state index contributed by atoms with van der Waals surface area (Å²) in [6, 6.07) is 17.6. The molecule has 2 unspecified atom stereocenters. The van der Waals surface area contributed by atoms with E-state index in [0.29, 0.717) is 9.54 Å². The van der Waals surface area contributed by atoms with Crippen molar-refractivity contribution < 1.29 is 22.1 Å². The van der Waals surface area contributed by atoms with E-state index in [2.05, 4.69) is 92.4 Å². The van der Waals surface area contributed by atoms with Crippen LogP contribution in [0.25, 0.3) is 5.57 Å². The molecule has 0 heterocycles. The number of ether oxygens (including phenoxy) is 1. The average Bonchev–Trinajstić information content (AvgIpc) is 3.21.